The molecule has 0 atom stereocenters. The van der Waals surface area contributed by atoms with Gasteiger partial charge >= 0.3 is 5.97 Å². The Morgan fingerprint density at radius 3 is 2.83 bits per heavy atom. The molecule has 0 saturated carbocycles. The Hall–Kier alpha value is -2.09. The van der Waals surface area contributed by atoms with Crippen LogP contribution in [0.1, 0.15) is 16.2 Å². The van der Waals surface area contributed by atoms with Crippen LogP contribution in [0.15, 0.2) is 22.2 Å². The number of aromatic amines is 1. The van der Waals surface area contributed by atoms with Crippen LogP contribution < -0.4 is 5.73 Å². The van der Waals surface area contributed by atoms with E-state index < -0.39 is 11.8 Å². The Bertz CT molecular complexity index is 614. The third-order valence-corrected chi connectivity index (χ3v) is 3.07. The highest BCUT2D eigenvalue weighted by Gasteiger charge is 2.19. The number of hydrogen-bond acceptors (Lipinski definition) is 5. The van der Waals surface area contributed by atoms with Crippen molar-refractivity contribution >= 4 is 23.4 Å². The minimum atomic E-state index is -1.29. The van der Waals surface area contributed by atoms with Crippen molar-refractivity contribution in [1.82, 2.24) is 15.2 Å². The number of nitrogen functional groups attached to an aromatic ring is 1. The van der Waals surface area contributed by atoms with Crippen molar-refractivity contribution in [2.24, 2.45) is 0 Å². The van der Waals surface area contributed by atoms with Crippen LogP contribution in [0.4, 0.5) is 10.1 Å². The van der Waals surface area contributed by atoms with Gasteiger partial charge in [0.05, 0.1) is 11.3 Å². The van der Waals surface area contributed by atoms with E-state index in [-0.39, 0.29) is 11.3 Å². The number of H-pyrrole nitrogens is 1. The number of nitrogens with one attached hydrogen (secondary N) is 1. The third-order valence-electron chi connectivity index (χ3n) is 2.15. The highest BCUT2D eigenvalue weighted by Crippen LogP contribution is 2.32. The lowest BCUT2D eigenvalue weighted by Gasteiger charge is -2.07. The quantitative estimate of drug-likeness (QED) is 0.731. The van der Waals surface area contributed by atoms with Crippen LogP contribution in [-0.4, -0.2) is 26.3 Å². The van der Waals surface area contributed by atoms with E-state index in [1.807, 2.05) is 0 Å². The van der Waals surface area contributed by atoms with Crippen LogP contribution in [-0.2, 0) is 0 Å². The Morgan fingerprint density at radius 1 is 1.56 bits per heavy atom. The van der Waals surface area contributed by atoms with Crippen molar-refractivity contribution in [3.63, 3.8) is 0 Å². The predicted octanol–water partition coefficient (Wildman–Crippen LogP) is 1.68. The van der Waals surface area contributed by atoms with Crippen LogP contribution in [0, 0.1) is 12.7 Å². The van der Waals surface area contributed by atoms with Gasteiger partial charge in [0.15, 0.2) is 0 Å². The van der Waals surface area contributed by atoms with Gasteiger partial charge in [0.1, 0.15) is 11.6 Å². The van der Waals surface area contributed by atoms with Gasteiger partial charge in [-0.2, -0.15) is 0 Å². The summed E-state index contributed by atoms with van der Waals surface area (Å²) in [6, 6.07) is 2.45. The van der Waals surface area contributed by atoms with Gasteiger partial charge in [-0.3, -0.25) is 5.10 Å². The van der Waals surface area contributed by atoms with Crippen molar-refractivity contribution < 1.29 is 14.3 Å². The standard InChI is InChI=1S/C10H9FN4O2S/c1-4-13-10(15-14-4)18-6-3-2-5(11)8(12)7(6)9(16)17/h2-3H,12H2,1H3,(H,16,17)(H,13,14,15). The molecule has 8 heteroatoms. The maximum Gasteiger partial charge on any atom is 0.339 e. The number of benzene rings is 1. The second-order valence-corrected chi connectivity index (χ2v) is 4.45. The molecule has 0 aliphatic heterocycles. The number of anilines is 1. The maximum absolute atomic E-state index is 13.2. The first-order valence-electron chi connectivity index (χ1n) is 4.87. The summed E-state index contributed by atoms with van der Waals surface area (Å²) in [5.74, 6) is -1.45. The molecule has 2 rings (SSSR count). The summed E-state index contributed by atoms with van der Waals surface area (Å²) in [6.07, 6.45) is 0. The Balaban J connectivity index is 2.44. The van der Waals surface area contributed by atoms with Crippen molar-refractivity contribution in [3.05, 3.63) is 29.3 Å². The van der Waals surface area contributed by atoms with E-state index in [0.29, 0.717) is 15.9 Å². The Kier molecular flexibility index (Phi) is 3.19. The van der Waals surface area contributed by atoms with E-state index in [0.717, 1.165) is 17.8 Å². The average molecular weight is 268 g/mol. The zero-order valence-electron chi connectivity index (χ0n) is 9.27. The molecule has 4 N–H and O–H groups in total. The molecule has 0 saturated heterocycles. The van der Waals surface area contributed by atoms with Crippen molar-refractivity contribution in [3.8, 4) is 0 Å². The molecule has 18 heavy (non-hydrogen) atoms. The molecule has 0 fully saturated rings. The van der Waals surface area contributed by atoms with Crippen LogP contribution in [0.3, 0.4) is 0 Å². The number of hydrogen-bond donors (Lipinski definition) is 3. The summed E-state index contributed by atoms with van der Waals surface area (Å²) in [5, 5.41) is 15.9. The highest BCUT2D eigenvalue weighted by molar-refractivity contribution is 7.99. The number of nitrogens with two attached hydrogens (primary N) is 1. The summed E-state index contributed by atoms with van der Waals surface area (Å²) in [6.45, 7) is 1.72. The number of carboxylic acids is 1. The summed E-state index contributed by atoms with van der Waals surface area (Å²) in [5.41, 5.74) is 4.76. The Morgan fingerprint density at radius 2 is 2.28 bits per heavy atom. The number of aryl methyl sites for hydroxylation is 1. The number of halogens is 1. The zero-order chi connectivity index (χ0) is 13.3. The minimum Gasteiger partial charge on any atom is -0.478 e. The van der Waals surface area contributed by atoms with Crippen LogP contribution in [0.5, 0.6) is 0 Å². The molecule has 0 aliphatic carbocycles. The lowest BCUT2D eigenvalue weighted by Crippen LogP contribution is -2.06. The lowest BCUT2D eigenvalue weighted by atomic mass is 10.2. The predicted molar refractivity (Wildman–Crippen MR) is 63.0 cm³/mol. The number of aromatic carboxylic acids is 1. The van der Waals surface area contributed by atoms with Crippen molar-refractivity contribution in [2.75, 3.05) is 5.73 Å². The van der Waals surface area contributed by atoms with E-state index in [4.69, 9.17) is 10.8 Å². The first-order valence-corrected chi connectivity index (χ1v) is 5.69. The maximum atomic E-state index is 13.2. The van der Waals surface area contributed by atoms with Crippen molar-refractivity contribution in [1.29, 1.82) is 0 Å². The fourth-order valence-corrected chi connectivity index (χ4v) is 2.25. The summed E-state index contributed by atoms with van der Waals surface area (Å²) in [7, 11) is 0. The molecule has 1 heterocycles. The monoisotopic (exact) mass is 268 g/mol. The van der Waals surface area contributed by atoms with E-state index >= 15 is 0 Å². The molecule has 1 aromatic carbocycles. The van der Waals surface area contributed by atoms with Crippen molar-refractivity contribution in [2.45, 2.75) is 17.0 Å². The highest BCUT2D eigenvalue weighted by atomic mass is 32.2. The molecular formula is C10H9FN4O2S. The first-order chi connectivity index (χ1) is 8.49. The molecule has 0 unspecified atom stereocenters. The second-order valence-electron chi connectivity index (χ2n) is 3.44. The largest absolute Gasteiger partial charge is 0.478 e. The normalized spacial score (nSPS) is 10.6. The minimum absolute atomic E-state index is 0.276. The van der Waals surface area contributed by atoms with Gasteiger partial charge < -0.3 is 10.8 Å². The van der Waals surface area contributed by atoms with E-state index in [1.165, 1.54) is 6.07 Å². The molecule has 94 valence electrons. The number of nitrogens with zero attached hydrogens (tertiary/aromatic N) is 2. The fourth-order valence-electron chi connectivity index (χ4n) is 1.35. The van der Waals surface area contributed by atoms with Crippen LogP contribution in [0.2, 0.25) is 0 Å². The fraction of sp³-hybridized carbons (Fsp3) is 0.100. The molecule has 0 spiro atoms. The Labute approximate surface area is 105 Å². The lowest BCUT2D eigenvalue weighted by molar-refractivity contribution is 0.0694. The smallest absolute Gasteiger partial charge is 0.339 e. The van der Waals surface area contributed by atoms with Gasteiger partial charge in [-0.25, -0.2) is 14.2 Å². The van der Waals surface area contributed by atoms with Gasteiger partial charge in [0, 0.05) is 4.90 Å². The summed E-state index contributed by atoms with van der Waals surface area (Å²) < 4.78 is 13.2. The molecule has 1 aromatic heterocycles. The average Bonchev–Trinajstić information content (AvgIpc) is 2.69. The van der Waals surface area contributed by atoms with Gasteiger partial charge in [-0.05, 0) is 30.8 Å². The number of carboxylic acid groups (broad SMARTS) is 1. The molecule has 2 aromatic rings. The van der Waals surface area contributed by atoms with E-state index in [2.05, 4.69) is 15.2 Å². The molecule has 0 amide bonds. The second kappa shape index (κ2) is 4.65. The molecule has 0 radical (unpaired) electrons. The molecule has 6 nitrogen and oxygen atoms in total. The van der Waals surface area contributed by atoms with E-state index in [9.17, 15) is 9.18 Å². The molecule has 0 bridgehead atoms. The zero-order valence-corrected chi connectivity index (χ0v) is 10.1. The summed E-state index contributed by atoms with van der Waals surface area (Å²) >= 11 is 1.01. The number of aromatic nitrogens is 3. The third kappa shape index (κ3) is 2.28. The topological polar surface area (TPSA) is 105 Å². The van der Waals surface area contributed by atoms with Gasteiger partial charge in [0.2, 0.25) is 5.16 Å². The number of carbonyl (C=O) groups is 1. The van der Waals surface area contributed by atoms with Crippen LogP contribution in [0.25, 0.3) is 0 Å². The van der Waals surface area contributed by atoms with E-state index in [1.54, 1.807) is 6.92 Å². The SMILES string of the molecule is Cc1nc(Sc2ccc(F)c(N)c2C(=O)O)n[nH]1. The number of rotatable bonds is 3. The summed E-state index contributed by atoms with van der Waals surface area (Å²) in [4.78, 5) is 15.4. The molecular weight excluding hydrogens is 259 g/mol. The molecule has 0 aliphatic rings. The van der Waals surface area contributed by atoms with Crippen LogP contribution >= 0.6 is 11.8 Å². The van der Waals surface area contributed by atoms with Gasteiger partial charge in [0.25, 0.3) is 0 Å². The first kappa shape index (κ1) is 12.4. The van der Waals surface area contributed by atoms with Gasteiger partial charge in [-0.1, -0.05) is 0 Å². The van der Waals surface area contributed by atoms with Gasteiger partial charge in [-0.15, -0.1) is 5.10 Å².